The van der Waals surface area contributed by atoms with Gasteiger partial charge in [-0.3, -0.25) is 25.0 Å². The van der Waals surface area contributed by atoms with E-state index in [0.29, 0.717) is 10.8 Å². The molecular weight excluding hydrogens is 374 g/mol. The maximum Gasteiger partial charge on any atom is 0.282 e. The van der Waals surface area contributed by atoms with Crippen LogP contribution in [0.2, 0.25) is 0 Å². The molecule has 0 amide bonds. The summed E-state index contributed by atoms with van der Waals surface area (Å²) in [7, 11) is 0. The lowest BCUT2D eigenvalue weighted by Gasteiger charge is -2.08. The SMILES string of the molecule is O=Cc1ncc(Br)cc1OCc1ccc([N+](=O)[O-])cc1[N+](=O)[O-]. The summed E-state index contributed by atoms with van der Waals surface area (Å²) in [6.45, 7) is -0.243. The lowest BCUT2D eigenvalue weighted by Crippen LogP contribution is -2.04. The van der Waals surface area contributed by atoms with Crippen LogP contribution in [0.15, 0.2) is 34.9 Å². The summed E-state index contributed by atoms with van der Waals surface area (Å²) in [4.78, 5) is 35.0. The molecule has 1 aromatic carbocycles. The molecule has 0 unspecified atom stereocenters. The number of non-ortho nitro benzene ring substituents is 1. The van der Waals surface area contributed by atoms with Crippen LogP contribution < -0.4 is 4.74 Å². The molecule has 0 bridgehead atoms. The number of carbonyl (C=O) groups is 1. The summed E-state index contributed by atoms with van der Waals surface area (Å²) in [6.07, 6.45) is 1.90. The van der Waals surface area contributed by atoms with Gasteiger partial charge in [-0.05, 0) is 28.1 Å². The maximum atomic E-state index is 11.0. The number of pyridine rings is 1. The third-order valence-electron chi connectivity index (χ3n) is 2.82. The highest BCUT2D eigenvalue weighted by molar-refractivity contribution is 9.10. The Morgan fingerprint density at radius 3 is 2.57 bits per heavy atom. The number of hydrogen-bond acceptors (Lipinski definition) is 7. The quantitative estimate of drug-likeness (QED) is 0.427. The third-order valence-corrected chi connectivity index (χ3v) is 3.25. The zero-order valence-electron chi connectivity index (χ0n) is 11.3. The molecule has 0 N–H and O–H groups in total. The first kappa shape index (κ1) is 16.5. The summed E-state index contributed by atoms with van der Waals surface area (Å²) in [5.41, 5.74) is -0.650. The van der Waals surface area contributed by atoms with Crippen molar-refractivity contribution in [2.45, 2.75) is 6.61 Å². The Kier molecular flexibility index (Phi) is 4.96. The Morgan fingerprint density at radius 2 is 1.96 bits per heavy atom. The molecular formula is C13H8BrN3O6. The van der Waals surface area contributed by atoms with Crippen molar-refractivity contribution < 1.29 is 19.4 Å². The fourth-order valence-electron chi connectivity index (χ4n) is 1.75. The highest BCUT2D eigenvalue weighted by Gasteiger charge is 2.20. The van der Waals surface area contributed by atoms with Gasteiger partial charge in [-0.25, -0.2) is 4.98 Å². The number of nitro groups is 2. The number of aldehydes is 1. The molecule has 23 heavy (non-hydrogen) atoms. The van der Waals surface area contributed by atoms with Crippen LogP contribution in [0.1, 0.15) is 16.1 Å². The molecule has 0 aliphatic heterocycles. The molecule has 2 rings (SSSR count). The number of nitrogens with zero attached hydrogens (tertiary/aromatic N) is 3. The summed E-state index contributed by atoms with van der Waals surface area (Å²) >= 11 is 3.17. The van der Waals surface area contributed by atoms with E-state index in [0.717, 1.165) is 12.1 Å². The number of ether oxygens (including phenoxy) is 1. The first-order valence-corrected chi connectivity index (χ1v) is 6.87. The Balaban J connectivity index is 2.30. The van der Waals surface area contributed by atoms with Crippen LogP contribution in [0.4, 0.5) is 11.4 Å². The van der Waals surface area contributed by atoms with Gasteiger partial charge < -0.3 is 4.74 Å². The van der Waals surface area contributed by atoms with Gasteiger partial charge in [-0.2, -0.15) is 0 Å². The second-order valence-corrected chi connectivity index (χ2v) is 5.19. The predicted octanol–water partition coefficient (Wildman–Crippen LogP) is 3.05. The highest BCUT2D eigenvalue weighted by Crippen LogP contribution is 2.27. The van der Waals surface area contributed by atoms with Crippen LogP contribution in [-0.4, -0.2) is 21.1 Å². The van der Waals surface area contributed by atoms with E-state index in [4.69, 9.17) is 4.74 Å². The molecule has 0 atom stereocenters. The summed E-state index contributed by atoms with van der Waals surface area (Å²) in [6, 6.07) is 4.74. The van der Waals surface area contributed by atoms with Gasteiger partial charge in [0.2, 0.25) is 0 Å². The third kappa shape index (κ3) is 3.86. The Morgan fingerprint density at radius 1 is 1.22 bits per heavy atom. The average molecular weight is 382 g/mol. The molecule has 2 aromatic rings. The first-order chi connectivity index (χ1) is 10.9. The normalized spacial score (nSPS) is 10.1. The fourth-order valence-corrected chi connectivity index (χ4v) is 2.06. The summed E-state index contributed by atoms with van der Waals surface area (Å²) in [5.74, 6) is 0.141. The molecule has 0 saturated heterocycles. The van der Waals surface area contributed by atoms with E-state index in [2.05, 4.69) is 20.9 Å². The van der Waals surface area contributed by atoms with E-state index < -0.39 is 21.2 Å². The van der Waals surface area contributed by atoms with E-state index in [-0.39, 0.29) is 23.6 Å². The topological polar surface area (TPSA) is 125 Å². The molecule has 1 aromatic heterocycles. The van der Waals surface area contributed by atoms with Gasteiger partial charge in [0.05, 0.1) is 21.5 Å². The predicted molar refractivity (Wildman–Crippen MR) is 81.4 cm³/mol. The number of benzene rings is 1. The zero-order chi connectivity index (χ0) is 17.0. The Hall–Kier alpha value is -2.88. The van der Waals surface area contributed by atoms with E-state index in [1.165, 1.54) is 18.3 Å². The van der Waals surface area contributed by atoms with Gasteiger partial charge in [-0.1, -0.05) is 0 Å². The molecule has 118 valence electrons. The van der Waals surface area contributed by atoms with E-state index in [1.807, 2.05) is 0 Å². The number of nitro benzene ring substituents is 2. The van der Waals surface area contributed by atoms with Gasteiger partial charge in [-0.15, -0.1) is 0 Å². The lowest BCUT2D eigenvalue weighted by molar-refractivity contribution is -0.394. The zero-order valence-corrected chi connectivity index (χ0v) is 12.9. The van der Waals surface area contributed by atoms with Crippen molar-refractivity contribution in [1.82, 2.24) is 4.98 Å². The molecule has 9 nitrogen and oxygen atoms in total. The molecule has 10 heteroatoms. The van der Waals surface area contributed by atoms with Crippen molar-refractivity contribution in [3.05, 3.63) is 66.4 Å². The van der Waals surface area contributed by atoms with Crippen molar-refractivity contribution in [3.8, 4) is 5.75 Å². The largest absolute Gasteiger partial charge is 0.486 e. The van der Waals surface area contributed by atoms with Crippen LogP contribution in [-0.2, 0) is 6.61 Å². The van der Waals surface area contributed by atoms with Crippen LogP contribution in [0.3, 0.4) is 0 Å². The Bertz CT molecular complexity index is 795. The van der Waals surface area contributed by atoms with Crippen molar-refractivity contribution in [2.24, 2.45) is 0 Å². The van der Waals surface area contributed by atoms with Gasteiger partial charge in [0.15, 0.2) is 6.29 Å². The number of carbonyl (C=O) groups excluding carboxylic acids is 1. The van der Waals surface area contributed by atoms with Crippen molar-refractivity contribution in [3.63, 3.8) is 0 Å². The van der Waals surface area contributed by atoms with Gasteiger partial charge in [0.1, 0.15) is 18.1 Å². The van der Waals surface area contributed by atoms with Gasteiger partial charge >= 0.3 is 0 Å². The van der Waals surface area contributed by atoms with Crippen molar-refractivity contribution >= 4 is 33.6 Å². The fraction of sp³-hybridized carbons (Fsp3) is 0.0769. The van der Waals surface area contributed by atoms with Crippen molar-refractivity contribution in [2.75, 3.05) is 0 Å². The molecule has 1 heterocycles. The van der Waals surface area contributed by atoms with Crippen LogP contribution >= 0.6 is 15.9 Å². The van der Waals surface area contributed by atoms with Crippen LogP contribution in [0.25, 0.3) is 0 Å². The van der Waals surface area contributed by atoms with Crippen LogP contribution in [0.5, 0.6) is 5.75 Å². The molecule has 0 fully saturated rings. The molecule has 0 spiro atoms. The smallest absolute Gasteiger partial charge is 0.282 e. The highest BCUT2D eigenvalue weighted by atomic mass is 79.9. The minimum Gasteiger partial charge on any atom is -0.486 e. The molecule has 0 saturated carbocycles. The minimum atomic E-state index is -0.731. The number of rotatable bonds is 6. The first-order valence-electron chi connectivity index (χ1n) is 6.07. The summed E-state index contributed by atoms with van der Waals surface area (Å²) < 4.78 is 5.95. The van der Waals surface area contributed by atoms with E-state index >= 15 is 0 Å². The monoisotopic (exact) mass is 381 g/mol. The second-order valence-electron chi connectivity index (χ2n) is 4.27. The van der Waals surface area contributed by atoms with E-state index in [9.17, 15) is 25.0 Å². The van der Waals surface area contributed by atoms with Gasteiger partial charge in [0, 0.05) is 16.7 Å². The lowest BCUT2D eigenvalue weighted by atomic mass is 10.1. The standard InChI is InChI=1S/C13H8BrN3O6/c14-9-3-13(11(6-18)15-5-9)23-7-8-1-2-10(16(19)20)4-12(8)17(21)22/h1-6H,7H2. The number of hydrogen-bond donors (Lipinski definition) is 0. The second kappa shape index (κ2) is 6.92. The molecule has 0 aliphatic rings. The minimum absolute atomic E-state index is 0.0396. The molecule has 0 radical (unpaired) electrons. The van der Waals surface area contributed by atoms with Crippen LogP contribution in [0, 0.1) is 20.2 Å². The summed E-state index contributed by atoms with van der Waals surface area (Å²) in [5, 5.41) is 21.7. The average Bonchev–Trinajstić information content (AvgIpc) is 2.52. The van der Waals surface area contributed by atoms with Crippen molar-refractivity contribution in [1.29, 1.82) is 0 Å². The number of aromatic nitrogens is 1. The van der Waals surface area contributed by atoms with Gasteiger partial charge in [0.25, 0.3) is 11.4 Å². The molecule has 0 aliphatic carbocycles. The Labute approximate surface area is 137 Å². The van der Waals surface area contributed by atoms with E-state index in [1.54, 1.807) is 0 Å². The maximum absolute atomic E-state index is 11.0. The number of halogens is 1.